The maximum atomic E-state index is 11.9. The highest BCUT2D eigenvalue weighted by Gasteiger charge is 2.23. The minimum atomic E-state index is -0.0994. The van der Waals surface area contributed by atoms with Gasteiger partial charge in [-0.05, 0) is 34.5 Å². The largest absolute Gasteiger partial charge is 0.353 e. The summed E-state index contributed by atoms with van der Waals surface area (Å²) < 4.78 is 2.37. The zero-order valence-corrected chi connectivity index (χ0v) is 11.3. The summed E-state index contributed by atoms with van der Waals surface area (Å²) in [6, 6.07) is 0. The first-order valence-corrected chi connectivity index (χ1v) is 6.20. The number of amides is 1. The molecule has 0 unspecified atom stereocenters. The average Bonchev–Trinajstić information content (AvgIpc) is 2.72. The van der Waals surface area contributed by atoms with Gasteiger partial charge >= 0.3 is 0 Å². The van der Waals surface area contributed by atoms with Gasteiger partial charge in [-0.3, -0.25) is 9.59 Å². The molecule has 2 rings (SSSR count). The second kappa shape index (κ2) is 4.49. The Balaban J connectivity index is 2.43. The first-order chi connectivity index (χ1) is 8.04. The van der Waals surface area contributed by atoms with Crippen LogP contribution in [0.5, 0.6) is 0 Å². The van der Waals surface area contributed by atoms with E-state index < -0.39 is 0 Å². The summed E-state index contributed by atoms with van der Waals surface area (Å²) in [6.45, 7) is 2.46. The summed E-state index contributed by atoms with van der Waals surface area (Å²) in [4.78, 5) is 23.6. The minimum absolute atomic E-state index is 0.0428. The first kappa shape index (κ1) is 12.1. The molecule has 1 N–H and O–H groups in total. The van der Waals surface area contributed by atoms with Crippen LogP contribution in [0.3, 0.4) is 0 Å². The highest BCUT2D eigenvalue weighted by molar-refractivity contribution is 9.10. The third-order valence-corrected chi connectivity index (χ3v) is 3.41. The smallest absolute Gasteiger partial charge is 0.254 e. The molecule has 0 aromatic carbocycles. The molecule has 0 saturated carbocycles. The van der Waals surface area contributed by atoms with Crippen molar-refractivity contribution in [3.63, 3.8) is 0 Å². The Morgan fingerprint density at radius 2 is 2.29 bits per heavy atom. The van der Waals surface area contributed by atoms with Gasteiger partial charge in [0, 0.05) is 41.8 Å². The van der Waals surface area contributed by atoms with E-state index in [0.29, 0.717) is 24.1 Å². The number of aryl methyl sites for hydroxylation is 1. The second-order valence-corrected chi connectivity index (χ2v) is 4.85. The molecule has 17 heavy (non-hydrogen) atoms. The van der Waals surface area contributed by atoms with E-state index in [1.54, 1.807) is 19.3 Å². The van der Waals surface area contributed by atoms with Crippen molar-refractivity contribution in [2.75, 3.05) is 6.54 Å². The number of hydrogen-bond donors (Lipinski definition) is 1. The Morgan fingerprint density at radius 3 is 2.94 bits per heavy atom. The van der Waals surface area contributed by atoms with E-state index in [0.717, 1.165) is 10.0 Å². The van der Waals surface area contributed by atoms with Gasteiger partial charge in [0.25, 0.3) is 5.56 Å². The number of likely N-dealkylation sites (N-methyl/N-ethyl adjacent to an activating group) is 1. The molecule has 1 aliphatic rings. The number of aromatic nitrogens is 1. The van der Waals surface area contributed by atoms with Crippen LogP contribution in [0.15, 0.2) is 21.0 Å². The number of hydrogen-bond acceptors (Lipinski definition) is 2. The number of fused-ring (bicyclic) bond motifs is 1. The first-order valence-electron chi connectivity index (χ1n) is 5.41. The predicted molar refractivity (Wildman–Crippen MR) is 69.7 cm³/mol. The Hall–Kier alpha value is -1.36. The van der Waals surface area contributed by atoms with Crippen molar-refractivity contribution in [3.8, 4) is 0 Å². The molecule has 0 atom stereocenters. The molecule has 0 aliphatic heterocycles. The molecule has 90 valence electrons. The highest BCUT2D eigenvalue weighted by atomic mass is 79.9. The summed E-state index contributed by atoms with van der Waals surface area (Å²) in [5.74, 6) is -0.0994. The number of rotatable bonds is 2. The molecule has 1 amide bonds. The molecule has 0 spiro atoms. The monoisotopic (exact) mass is 296 g/mol. The van der Waals surface area contributed by atoms with Crippen molar-refractivity contribution in [1.82, 2.24) is 9.88 Å². The molecule has 0 fully saturated rings. The van der Waals surface area contributed by atoms with Gasteiger partial charge in [0.15, 0.2) is 0 Å². The van der Waals surface area contributed by atoms with Gasteiger partial charge in [-0.2, -0.15) is 0 Å². The molecule has 0 radical (unpaired) electrons. The van der Waals surface area contributed by atoms with Crippen LogP contribution in [0, 0.1) is 0 Å². The molecule has 1 aromatic rings. The molecular formula is C12H13BrN2O2. The topological polar surface area (TPSA) is 51.1 Å². The van der Waals surface area contributed by atoms with Gasteiger partial charge in [0.05, 0.1) is 0 Å². The fraction of sp³-hybridized carbons (Fsp3) is 0.333. The van der Waals surface area contributed by atoms with Crippen LogP contribution in [0.1, 0.15) is 18.1 Å². The molecular weight excluding hydrogens is 284 g/mol. The Morgan fingerprint density at radius 1 is 1.59 bits per heavy atom. The van der Waals surface area contributed by atoms with Crippen LogP contribution < -0.4 is 10.9 Å². The van der Waals surface area contributed by atoms with E-state index in [9.17, 15) is 9.59 Å². The zero-order chi connectivity index (χ0) is 12.6. The van der Waals surface area contributed by atoms with Gasteiger partial charge < -0.3 is 9.88 Å². The molecule has 1 aromatic heterocycles. The van der Waals surface area contributed by atoms with Crippen molar-refractivity contribution in [1.29, 1.82) is 0 Å². The number of nitrogens with zero attached hydrogens (tertiary/aromatic N) is 1. The molecule has 1 aliphatic carbocycles. The molecule has 4 nitrogen and oxygen atoms in total. The SMILES string of the molecule is CCNC(=O)C1=Cc2c(Br)cn(C)c(=O)c2C1. The molecule has 0 bridgehead atoms. The summed E-state index contributed by atoms with van der Waals surface area (Å²) in [5.41, 5.74) is 2.11. The Bertz CT molecular complexity index is 573. The second-order valence-electron chi connectivity index (χ2n) is 3.99. The van der Waals surface area contributed by atoms with Gasteiger partial charge in [0.2, 0.25) is 5.91 Å². The normalized spacial score (nSPS) is 13.2. The third-order valence-electron chi connectivity index (χ3n) is 2.78. The predicted octanol–water partition coefficient (Wildman–Crippen LogP) is 1.22. The number of pyridine rings is 1. The van der Waals surface area contributed by atoms with E-state index in [-0.39, 0.29) is 11.5 Å². The lowest BCUT2D eigenvalue weighted by Gasteiger charge is -2.04. The van der Waals surface area contributed by atoms with E-state index >= 15 is 0 Å². The summed E-state index contributed by atoms with van der Waals surface area (Å²) in [7, 11) is 1.71. The number of halogens is 1. The minimum Gasteiger partial charge on any atom is -0.353 e. The van der Waals surface area contributed by atoms with Crippen molar-refractivity contribution in [2.45, 2.75) is 13.3 Å². The lowest BCUT2D eigenvalue weighted by molar-refractivity contribution is -0.117. The standard InChI is InChI=1S/C12H13BrN2O2/c1-3-14-11(16)7-4-8-9(5-7)12(17)15(2)6-10(8)13/h4,6H,3,5H2,1-2H3,(H,14,16). The van der Waals surface area contributed by atoms with Crippen molar-refractivity contribution >= 4 is 27.9 Å². The summed E-state index contributed by atoms with van der Waals surface area (Å²) >= 11 is 3.41. The van der Waals surface area contributed by atoms with Gasteiger partial charge in [-0.25, -0.2) is 0 Å². The van der Waals surface area contributed by atoms with E-state index in [4.69, 9.17) is 0 Å². The van der Waals surface area contributed by atoms with Crippen LogP contribution in [0.4, 0.5) is 0 Å². The molecule has 1 heterocycles. The van der Waals surface area contributed by atoms with Crippen molar-refractivity contribution in [3.05, 3.63) is 37.7 Å². The van der Waals surface area contributed by atoms with Gasteiger partial charge in [-0.15, -0.1) is 0 Å². The lowest BCUT2D eigenvalue weighted by atomic mass is 10.1. The van der Waals surface area contributed by atoms with Gasteiger partial charge in [-0.1, -0.05) is 0 Å². The fourth-order valence-corrected chi connectivity index (χ4v) is 2.59. The van der Waals surface area contributed by atoms with Crippen LogP contribution in [-0.4, -0.2) is 17.0 Å². The third kappa shape index (κ3) is 2.07. The zero-order valence-electron chi connectivity index (χ0n) is 9.71. The molecule has 0 saturated heterocycles. The van der Waals surface area contributed by atoms with E-state index in [1.807, 2.05) is 6.92 Å². The van der Waals surface area contributed by atoms with Crippen molar-refractivity contribution < 1.29 is 4.79 Å². The Kier molecular flexibility index (Phi) is 3.19. The fourth-order valence-electron chi connectivity index (χ4n) is 1.93. The number of carbonyl (C=O) groups is 1. The van der Waals surface area contributed by atoms with Crippen LogP contribution in [0.2, 0.25) is 0 Å². The maximum Gasteiger partial charge on any atom is 0.254 e. The quantitative estimate of drug-likeness (QED) is 0.892. The highest BCUT2D eigenvalue weighted by Crippen LogP contribution is 2.28. The van der Waals surface area contributed by atoms with Gasteiger partial charge in [0.1, 0.15) is 0 Å². The van der Waals surface area contributed by atoms with Crippen molar-refractivity contribution in [2.24, 2.45) is 7.05 Å². The van der Waals surface area contributed by atoms with Crippen LogP contribution in [-0.2, 0) is 18.3 Å². The summed E-state index contributed by atoms with van der Waals surface area (Å²) in [6.07, 6.45) is 3.91. The summed E-state index contributed by atoms with van der Waals surface area (Å²) in [5, 5.41) is 2.74. The number of carbonyl (C=O) groups excluding carboxylic acids is 1. The van der Waals surface area contributed by atoms with Crippen LogP contribution >= 0.6 is 15.9 Å². The average molecular weight is 297 g/mol. The number of nitrogens with one attached hydrogen (secondary N) is 1. The van der Waals surface area contributed by atoms with E-state index in [1.165, 1.54) is 4.57 Å². The molecule has 5 heteroatoms. The lowest BCUT2D eigenvalue weighted by Crippen LogP contribution is -2.26. The Labute approximate surface area is 107 Å². The van der Waals surface area contributed by atoms with Crippen LogP contribution in [0.25, 0.3) is 6.08 Å². The van der Waals surface area contributed by atoms with E-state index in [2.05, 4.69) is 21.2 Å². The maximum absolute atomic E-state index is 11.9.